The zero-order chi connectivity index (χ0) is 14.8. The van der Waals surface area contributed by atoms with Crippen molar-refractivity contribution in [3.63, 3.8) is 0 Å². The molecule has 0 amide bonds. The first-order valence-electron chi connectivity index (χ1n) is 6.88. The normalized spacial score (nSPS) is 16.0. The van der Waals surface area contributed by atoms with E-state index in [2.05, 4.69) is 11.9 Å². The molecule has 0 aromatic carbocycles. The molecule has 20 heavy (non-hydrogen) atoms. The number of hydrogen-bond acceptors (Lipinski definition) is 4. The zero-order valence-electron chi connectivity index (χ0n) is 12.0. The minimum absolute atomic E-state index is 0.0758. The van der Waals surface area contributed by atoms with Gasteiger partial charge in [0, 0.05) is 25.2 Å². The lowest BCUT2D eigenvalue weighted by Crippen LogP contribution is -2.36. The Morgan fingerprint density at radius 1 is 1.55 bits per heavy atom. The van der Waals surface area contributed by atoms with Crippen molar-refractivity contribution in [2.75, 3.05) is 6.54 Å². The van der Waals surface area contributed by atoms with E-state index in [-0.39, 0.29) is 6.04 Å². The molecule has 112 valence electrons. The van der Waals surface area contributed by atoms with Gasteiger partial charge < -0.3 is 5.32 Å². The second kappa shape index (κ2) is 6.39. The van der Waals surface area contributed by atoms with Crippen LogP contribution in [0.15, 0.2) is 28.3 Å². The maximum Gasteiger partial charge on any atom is 0.253 e. The maximum absolute atomic E-state index is 12.6. The summed E-state index contributed by atoms with van der Waals surface area (Å²) < 4.78 is 27.1. The van der Waals surface area contributed by atoms with Gasteiger partial charge in [0.15, 0.2) is 0 Å². The molecule has 1 N–H and O–H groups in total. The monoisotopic (exact) mass is 314 g/mol. The van der Waals surface area contributed by atoms with Gasteiger partial charge >= 0.3 is 0 Å². The molecule has 0 bridgehead atoms. The zero-order valence-corrected chi connectivity index (χ0v) is 13.6. The van der Waals surface area contributed by atoms with E-state index in [0.29, 0.717) is 16.8 Å². The molecule has 6 heteroatoms. The quantitative estimate of drug-likeness (QED) is 0.750. The van der Waals surface area contributed by atoms with Gasteiger partial charge in [0.05, 0.1) is 0 Å². The van der Waals surface area contributed by atoms with Crippen LogP contribution in [-0.2, 0) is 16.6 Å². The average molecular weight is 314 g/mol. The van der Waals surface area contributed by atoms with Crippen molar-refractivity contribution < 1.29 is 8.42 Å². The molecule has 0 radical (unpaired) electrons. The van der Waals surface area contributed by atoms with Crippen LogP contribution in [0.3, 0.4) is 0 Å². The molecule has 1 fully saturated rings. The van der Waals surface area contributed by atoms with E-state index < -0.39 is 10.0 Å². The summed E-state index contributed by atoms with van der Waals surface area (Å²) in [6, 6.07) is 2.34. The van der Waals surface area contributed by atoms with Crippen molar-refractivity contribution in [1.29, 1.82) is 0 Å². The van der Waals surface area contributed by atoms with E-state index in [0.717, 1.165) is 12.1 Å². The topological polar surface area (TPSA) is 49.4 Å². The van der Waals surface area contributed by atoms with Crippen molar-refractivity contribution in [2.24, 2.45) is 0 Å². The molecule has 0 unspecified atom stereocenters. The number of rotatable bonds is 8. The highest BCUT2D eigenvalue weighted by Crippen LogP contribution is 2.26. The van der Waals surface area contributed by atoms with Gasteiger partial charge in [0.1, 0.15) is 4.21 Å². The van der Waals surface area contributed by atoms with E-state index in [9.17, 15) is 8.42 Å². The fraction of sp³-hybridized carbons (Fsp3) is 0.571. The first kappa shape index (κ1) is 15.7. The number of hydrogen-bond donors (Lipinski definition) is 1. The predicted molar refractivity (Wildman–Crippen MR) is 83.4 cm³/mol. The van der Waals surface area contributed by atoms with Crippen LogP contribution >= 0.6 is 11.3 Å². The van der Waals surface area contributed by atoms with Crippen LogP contribution in [0, 0.1) is 0 Å². The Hall–Kier alpha value is -0.690. The third-order valence-corrected chi connectivity index (χ3v) is 6.76. The molecule has 1 aromatic heterocycles. The van der Waals surface area contributed by atoms with Gasteiger partial charge in [-0.3, -0.25) is 0 Å². The molecule has 0 spiro atoms. The lowest BCUT2D eigenvalue weighted by Gasteiger charge is -2.23. The highest BCUT2D eigenvalue weighted by molar-refractivity contribution is 7.91. The van der Waals surface area contributed by atoms with Crippen molar-refractivity contribution in [1.82, 2.24) is 9.62 Å². The molecule has 1 aliphatic rings. The van der Waals surface area contributed by atoms with E-state index in [1.54, 1.807) is 12.1 Å². The van der Waals surface area contributed by atoms with Crippen LogP contribution in [0.4, 0.5) is 0 Å². The number of nitrogens with zero attached hydrogens (tertiary/aromatic N) is 1. The third-order valence-electron chi connectivity index (χ3n) is 3.25. The molecule has 4 nitrogen and oxygen atoms in total. The molecular formula is C14H22N2O2S2. The summed E-state index contributed by atoms with van der Waals surface area (Å²) in [5.41, 5.74) is 1.04. The molecule has 1 aliphatic carbocycles. The molecule has 1 saturated carbocycles. The molecular weight excluding hydrogens is 292 g/mol. The minimum Gasteiger partial charge on any atom is -0.310 e. The van der Waals surface area contributed by atoms with Crippen molar-refractivity contribution in [3.8, 4) is 0 Å². The van der Waals surface area contributed by atoms with E-state index in [1.165, 1.54) is 28.5 Å². The maximum atomic E-state index is 12.6. The van der Waals surface area contributed by atoms with Gasteiger partial charge in [-0.15, -0.1) is 17.9 Å². The van der Waals surface area contributed by atoms with Gasteiger partial charge in [-0.05, 0) is 43.7 Å². The smallest absolute Gasteiger partial charge is 0.253 e. The van der Waals surface area contributed by atoms with Gasteiger partial charge in [0.2, 0.25) is 0 Å². The summed E-state index contributed by atoms with van der Waals surface area (Å²) in [5.74, 6) is 0. The Morgan fingerprint density at radius 3 is 2.80 bits per heavy atom. The van der Waals surface area contributed by atoms with Crippen LogP contribution in [0.1, 0.15) is 32.3 Å². The Balaban J connectivity index is 2.12. The summed E-state index contributed by atoms with van der Waals surface area (Å²) in [4.78, 5) is 0. The van der Waals surface area contributed by atoms with Crippen LogP contribution in [0.2, 0.25) is 0 Å². The van der Waals surface area contributed by atoms with E-state index in [4.69, 9.17) is 0 Å². The van der Waals surface area contributed by atoms with Gasteiger partial charge in [0.25, 0.3) is 10.0 Å². The summed E-state index contributed by atoms with van der Waals surface area (Å²) in [7, 11) is -3.41. The van der Waals surface area contributed by atoms with Crippen LogP contribution in [-0.4, -0.2) is 31.4 Å². The predicted octanol–water partition coefficient (Wildman–Crippen LogP) is 2.59. The SMILES string of the molecule is C=CCN(C(C)C)S(=O)(=O)c1cc(CNC2CC2)cs1. The largest absolute Gasteiger partial charge is 0.310 e. The molecule has 0 saturated heterocycles. The van der Waals surface area contributed by atoms with Gasteiger partial charge in [-0.25, -0.2) is 8.42 Å². The van der Waals surface area contributed by atoms with Crippen molar-refractivity contribution in [3.05, 3.63) is 29.7 Å². The second-order valence-corrected chi connectivity index (χ2v) is 8.41. The summed E-state index contributed by atoms with van der Waals surface area (Å²) in [6.07, 6.45) is 4.09. The lowest BCUT2D eigenvalue weighted by atomic mass is 10.3. The second-order valence-electron chi connectivity index (χ2n) is 5.39. The van der Waals surface area contributed by atoms with Crippen LogP contribution < -0.4 is 5.32 Å². The molecule has 0 atom stereocenters. The highest BCUT2D eigenvalue weighted by Gasteiger charge is 2.27. The number of thiophene rings is 1. The Labute approximate surface area is 125 Å². The van der Waals surface area contributed by atoms with Crippen LogP contribution in [0.25, 0.3) is 0 Å². The fourth-order valence-electron chi connectivity index (χ4n) is 1.96. The lowest BCUT2D eigenvalue weighted by molar-refractivity contribution is 0.384. The number of nitrogens with one attached hydrogen (secondary N) is 1. The van der Waals surface area contributed by atoms with Crippen molar-refractivity contribution in [2.45, 2.75) is 49.5 Å². The molecule has 1 heterocycles. The standard InChI is InChI=1S/C14H22N2O2S2/c1-4-7-16(11(2)3)20(17,18)14-8-12(10-19-14)9-15-13-5-6-13/h4,8,10-11,13,15H,1,5-7,9H2,2-3H3. The first-order valence-corrected chi connectivity index (χ1v) is 9.20. The minimum atomic E-state index is -3.41. The number of sulfonamides is 1. The van der Waals surface area contributed by atoms with Gasteiger partial charge in [-0.1, -0.05) is 6.08 Å². The molecule has 2 rings (SSSR count). The highest BCUT2D eigenvalue weighted by atomic mass is 32.2. The molecule has 1 aromatic rings. The Morgan fingerprint density at radius 2 is 2.25 bits per heavy atom. The molecule has 0 aliphatic heterocycles. The summed E-state index contributed by atoms with van der Waals surface area (Å²) in [6.45, 7) is 8.49. The van der Waals surface area contributed by atoms with Crippen molar-refractivity contribution >= 4 is 21.4 Å². The fourth-order valence-corrected chi connectivity index (χ4v) is 4.90. The van der Waals surface area contributed by atoms with Crippen LogP contribution in [0.5, 0.6) is 0 Å². The third kappa shape index (κ3) is 3.69. The van der Waals surface area contributed by atoms with Gasteiger partial charge in [-0.2, -0.15) is 4.31 Å². The summed E-state index contributed by atoms with van der Waals surface area (Å²) in [5, 5.41) is 5.32. The first-order chi connectivity index (χ1) is 9.45. The Bertz CT molecular complexity index is 559. The Kier molecular flexibility index (Phi) is 5.01. The van der Waals surface area contributed by atoms with E-state index in [1.807, 2.05) is 19.2 Å². The summed E-state index contributed by atoms with van der Waals surface area (Å²) >= 11 is 1.30. The van der Waals surface area contributed by atoms with E-state index >= 15 is 0 Å². The average Bonchev–Trinajstić information content (AvgIpc) is 3.09.